The number of sulfonamides is 1. The summed E-state index contributed by atoms with van der Waals surface area (Å²) in [4.78, 5) is 4.16. The summed E-state index contributed by atoms with van der Waals surface area (Å²) in [5.74, 6) is 0.836. The van der Waals surface area contributed by atoms with Gasteiger partial charge in [-0.1, -0.05) is 13.8 Å². The number of hydrogen-bond acceptors (Lipinski definition) is 4. The highest BCUT2D eigenvalue weighted by atomic mass is 32.2. The van der Waals surface area contributed by atoms with Crippen molar-refractivity contribution in [2.24, 2.45) is 11.7 Å². The number of aromatic nitrogens is 2. The van der Waals surface area contributed by atoms with E-state index in [0.29, 0.717) is 18.9 Å². The fourth-order valence-electron chi connectivity index (χ4n) is 2.02. The van der Waals surface area contributed by atoms with Crippen LogP contribution < -0.4 is 5.73 Å². The molecule has 0 fully saturated rings. The van der Waals surface area contributed by atoms with Crippen LogP contribution in [0.5, 0.6) is 0 Å². The van der Waals surface area contributed by atoms with Crippen LogP contribution in [0.4, 0.5) is 0 Å². The lowest BCUT2D eigenvalue weighted by molar-refractivity contribution is 0.373. The predicted molar refractivity (Wildman–Crippen MR) is 82.8 cm³/mol. The zero-order valence-electron chi connectivity index (χ0n) is 13.1. The molecule has 0 aromatic carbocycles. The minimum atomic E-state index is -3.65. The van der Waals surface area contributed by atoms with Crippen LogP contribution in [0, 0.1) is 18.3 Å². The van der Waals surface area contributed by atoms with E-state index in [2.05, 4.69) is 4.98 Å². The Morgan fingerprint density at radius 3 is 2.57 bits per heavy atom. The van der Waals surface area contributed by atoms with Gasteiger partial charge in [0.15, 0.2) is 5.03 Å². The SMILES string of the molecule is CCn1cc(S(=O)(=O)N(CCC(=N)N)CC(C)C)nc1C. The number of imidazole rings is 1. The van der Waals surface area contributed by atoms with Crippen molar-refractivity contribution in [2.45, 2.75) is 45.7 Å². The highest BCUT2D eigenvalue weighted by Gasteiger charge is 2.28. The molecule has 3 N–H and O–H groups in total. The maximum Gasteiger partial charge on any atom is 0.262 e. The smallest absolute Gasteiger partial charge is 0.262 e. The summed E-state index contributed by atoms with van der Waals surface area (Å²) in [6.45, 7) is 8.88. The molecule has 0 radical (unpaired) electrons. The van der Waals surface area contributed by atoms with Gasteiger partial charge in [0.1, 0.15) is 5.82 Å². The molecule has 0 aliphatic rings. The van der Waals surface area contributed by atoms with Gasteiger partial charge in [0.2, 0.25) is 0 Å². The molecule has 120 valence electrons. The molecule has 0 saturated carbocycles. The van der Waals surface area contributed by atoms with Crippen LogP contribution in [0.2, 0.25) is 0 Å². The molecule has 1 heterocycles. The Balaban J connectivity index is 3.09. The molecule has 8 heteroatoms. The first-order chi connectivity index (χ1) is 9.68. The average Bonchev–Trinajstić information content (AvgIpc) is 2.75. The van der Waals surface area contributed by atoms with Crippen molar-refractivity contribution in [1.82, 2.24) is 13.9 Å². The van der Waals surface area contributed by atoms with Crippen LogP contribution in [0.15, 0.2) is 11.2 Å². The summed E-state index contributed by atoms with van der Waals surface area (Å²) >= 11 is 0. The third-order valence-electron chi connectivity index (χ3n) is 3.10. The first-order valence-electron chi connectivity index (χ1n) is 7.05. The first-order valence-corrected chi connectivity index (χ1v) is 8.49. The molecule has 1 aromatic heterocycles. The molecule has 0 spiro atoms. The van der Waals surface area contributed by atoms with E-state index in [1.54, 1.807) is 17.7 Å². The van der Waals surface area contributed by atoms with Crippen molar-refractivity contribution in [2.75, 3.05) is 13.1 Å². The molecule has 21 heavy (non-hydrogen) atoms. The van der Waals surface area contributed by atoms with Crippen molar-refractivity contribution in [3.8, 4) is 0 Å². The molecular formula is C13H25N5O2S. The van der Waals surface area contributed by atoms with E-state index in [4.69, 9.17) is 11.1 Å². The molecule has 0 atom stereocenters. The third kappa shape index (κ3) is 4.53. The van der Waals surface area contributed by atoms with Gasteiger partial charge in [-0.15, -0.1) is 0 Å². The second-order valence-electron chi connectivity index (χ2n) is 5.44. The zero-order chi connectivity index (χ0) is 16.2. The van der Waals surface area contributed by atoms with E-state index in [9.17, 15) is 8.42 Å². The van der Waals surface area contributed by atoms with E-state index in [-0.39, 0.29) is 29.7 Å². The predicted octanol–water partition coefficient (Wildman–Crippen LogP) is 1.18. The maximum atomic E-state index is 12.7. The normalized spacial score (nSPS) is 12.3. The van der Waals surface area contributed by atoms with Crippen molar-refractivity contribution in [3.05, 3.63) is 12.0 Å². The summed E-state index contributed by atoms with van der Waals surface area (Å²) in [5.41, 5.74) is 5.35. The summed E-state index contributed by atoms with van der Waals surface area (Å²) in [5, 5.41) is 7.34. The summed E-state index contributed by atoms with van der Waals surface area (Å²) in [6, 6.07) is 0. The molecular weight excluding hydrogens is 290 g/mol. The van der Waals surface area contributed by atoms with Gasteiger partial charge in [-0.05, 0) is 19.8 Å². The molecule has 0 unspecified atom stereocenters. The molecule has 0 aliphatic heterocycles. The second kappa shape index (κ2) is 7.04. The Labute approximate surface area is 126 Å². The van der Waals surface area contributed by atoms with Crippen LogP contribution in [0.1, 0.15) is 33.0 Å². The highest BCUT2D eigenvalue weighted by Crippen LogP contribution is 2.17. The molecule has 0 amide bonds. The molecule has 1 rings (SSSR count). The van der Waals surface area contributed by atoms with Crippen LogP contribution in [0.25, 0.3) is 0 Å². The van der Waals surface area contributed by atoms with E-state index >= 15 is 0 Å². The van der Waals surface area contributed by atoms with Crippen LogP contribution >= 0.6 is 0 Å². The standard InChI is InChI=1S/C13H25N5O2S/c1-5-17-9-13(16-11(17)4)21(19,20)18(8-10(2)3)7-6-12(14)15/h9-10H,5-8H2,1-4H3,(H3,14,15). The molecule has 0 bridgehead atoms. The van der Waals surface area contributed by atoms with Crippen LogP contribution in [-0.4, -0.2) is 41.2 Å². The largest absolute Gasteiger partial charge is 0.388 e. The number of nitrogens with one attached hydrogen (secondary N) is 1. The minimum Gasteiger partial charge on any atom is -0.388 e. The van der Waals surface area contributed by atoms with Gasteiger partial charge in [-0.3, -0.25) is 5.41 Å². The zero-order valence-corrected chi connectivity index (χ0v) is 13.9. The lowest BCUT2D eigenvalue weighted by Gasteiger charge is -2.22. The number of aryl methyl sites for hydroxylation is 2. The Kier molecular flexibility index (Phi) is 5.91. The first kappa shape index (κ1) is 17.6. The molecule has 0 saturated heterocycles. The topological polar surface area (TPSA) is 105 Å². The van der Waals surface area contributed by atoms with Gasteiger partial charge in [0.25, 0.3) is 10.0 Å². The Hall–Kier alpha value is -1.41. The average molecular weight is 315 g/mol. The quantitative estimate of drug-likeness (QED) is 0.555. The van der Waals surface area contributed by atoms with E-state index in [0.717, 1.165) is 0 Å². The monoisotopic (exact) mass is 315 g/mol. The van der Waals surface area contributed by atoms with Gasteiger partial charge in [-0.25, -0.2) is 13.4 Å². The van der Waals surface area contributed by atoms with Gasteiger partial charge in [0, 0.05) is 32.3 Å². The summed E-state index contributed by atoms with van der Waals surface area (Å²) in [7, 11) is -3.65. The van der Waals surface area contributed by atoms with Gasteiger partial charge in [-0.2, -0.15) is 4.31 Å². The van der Waals surface area contributed by atoms with E-state index in [1.165, 1.54) is 4.31 Å². The third-order valence-corrected chi connectivity index (χ3v) is 4.83. The Bertz CT molecular complexity index is 592. The van der Waals surface area contributed by atoms with Crippen LogP contribution in [-0.2, 0) is 16.6 Å². The second-order valence-corrected chi connectivity index (χ2v) is 7.33. The van der Waals surface area contributed by atoms with Crippen LogP contribution in [0.3, 0.4) is 0 Å². The number of nitrogens with two attached hydrogens (primary N) is 1. The lowest BCUT2D eigenvalue weighted by atomic mass is 10.2. The summed E-state index contributed by atoms with van der Waals surface area (Å²) in [6.07, 6.45) is 1.78. The molecule has 0 aliphatic carbocycles. The fourth-order valence-corrected chi connectivity index (χ4v) is 3.62. The minimum absolute atomic E-state index is 0.0192. The van der Waals surface area contributed by atoms with Gasteiger partial charge >= 0.3 is 0 Å². The maximum absolute atomic E-state index is 12.7. The highest BCUT2D eigenvalue weighted by molar-refractivity contribution is 7.89. The summed E-state index contributed by atoms with van der Waals surface area (Å²) < 4.78 is 28.6. The number of rotatable bonds is 8. The number of nitrogens with zero attached hydrogens (tertiary/aromatic N) is 3. The Morgan fingerprint density at radius 1 is 1.52 bits per heavy atom. The van der Waals surface area contributed by atoms with Crippen molar-refractivity contribution >= 4 is 15.9 Å². The molecule has 1 aromatic rings. The van der Waals surface area contributed by atoms with Crippen molar-refractivity contribution < 1.29 is 8.42 Å². The van der Waals surface area contributed by atoms with Crippen molar-refractivity contribution in [1.29, 1.82) is 5.41 Å². The van der Waals surface area contributed by atoms with Gasteiger partial charge in [0.05, 0.1) is 5.84 Å². The number of hydrogen-bond donors (Lipinski definition) is 2. The fraction of sp³-hybridized carbons (Fsp3) is 0.692. The van der Waals surface area contributed by atoms with E-state index in [1.807, 2.05) is 20.8 Å². The lowest BCUT2D eigenvalue weighted by Crippen LogP contribution is -2.36. The number of amidine groups is 1. The van der Waals surface area contributed by atoms with Gasteiger partial charge < -0.3 is 10.3 Å². The van der Waals surface area contributed by atoms with Crippen molar-refractivity contribution in [3.63, 3.8) is 0 Å². The Morgan fingerprint density at radius 2 is 2.14 bits per heavy atom. The molecule has 7 nitrogen and oxygen atoms in total. The van der Waals surface area contributed by atoms with E-state index < -0.39 is 10.0 Å².